The Morgan fingerprint density at radius 1 is 1.67 bits per heavy atom. The molecule has 0 atom stereocenters. The molecule has 0 spiro atoms. The van der Waals surface area contributed by atoms with Crippen molar-refractivity contribution in [2.45, 2.75) is 13.5 Å². The predicted molar refractivity (Wildman–Crippen MR) is 49.8 cm³/mol. The molecule has 0 unspecified atom stereocenters. The van der Waals surface area contributed by atoms with Crippen LogP contribution in [0.5, 0.6) is 0 Å². The molecule has 0 aromatic carbocycles. The van der Waals surface area contributed by atoms with Crippen molar-refractivity contribution < 1.29 is 0 Å². The highest BCUT2D eigenvalue weighted by atomic mass is 15.3. The first-order valence-corrected chi connectivity index (χ1v) is 3.94. The van der Waals surface area contributed by atoms with Gasteiger partial charge in [-0.1, -0.05) is 6.58 Å². The second-order valence-corrected chi connectivity index (χ2v) is 3.18. The Labute approximate surface area is 73.3 Å². The van der Waals surface area contributed by atoms with E-state index in [1.54, 1.807) is 0 Å². The first kappa shape index (κ1) is 8.84. The summed E-state index contributed by atoms with van der Waals surface area (Å²) < 4.78 is 1.89. The summed E-state index contributed by atoms with van der Waals surface area (Å²) in [6.07, 6.45) is 3.86. The first-order chi connectivity index (χ1) is 5.59. The van der Waals surface area contributed by atoms with Crippen molar-refractivity contribution in [1.29, 1.82) is 0 Å². The zero-order valence-corrected chi connectivity index (χ0v) is 7.91. The maximum absolute atomic E-state index is 4.17. The SMILES string of the molecule is C=C(Cn1cc(C)cn1)N(C)C. The largest absolute Gasteiger partial charge is 0.380 e. The molecular weight excluding hydrogens is 150 g/mol. The quantitative estimate of drug-likeness (QED) is 0.672. The third-order valence-corrected chi connectivity index (χ3v) is 1.74. The van der Waals surface area contributed by atoms with E-state index >= 15 is 0 Å². The fourth-order valence-corrected chi connectivity index (χ4v) is 0.882. The number of hydrogen-bond donors (Lipinski definition) is 0. The molecule has 0 aliphatic heterocycles. The molecular formula is C9H15N3. The average molecular weight is 165 g/mol. The number of hydrogen-bond acceptors (Lipinski definition) is 2. The zero-order valence-electron chi connectivity index (χ0n) is 7.91. The lowest BCUT2D eigenvalue weighted by Crippen LogP contribution is -2.15. The van der Waals surface area contributed by atoms with E-state index in [0.717, 1.165) is 12.2 Å². The van der Waals surface area contributed by atoms with Crippen molar-refractivity contribution in [2.75, 3.05) is 14.1 Å². The molecule has 1 rings (SSSR count). The van der Waals surface area contributed by atoms with Crippen molar-refractivity contribution in [3.63, 3.8) is 0 Å². The van der Waals surface area contributed by atoms with Gasteiger partial charge in [-0.15, -0.1) is 0 Å². The Balaban J connectivity index is 2.58. The standard InChI is InChI=1S/C9H15N3/c1-8-5-10-12(6-8)7-9(2)11(3)4/h5-6H,2,7H2,1,3-4H3. The highest BCUT2D eigenvalue weighted by Crippen LogP contribution is 2.00. The van der Waals surface area contributed by atoms with E-state index in [-0.39, 0.29) is 0 Å². The second-order valence-electron chi connectivity index (χ2n) is 3.18. The maximum atomic E-state index is 4.17. The Morgan fingerprint density at radius 2 is 2.33 bits per heavy atom. The topological polar surface area (TPSA) is 21.1 Å². The number of aryl methyl sites for hydroxylation is 1. The van der Waals surface area contributed by atoms with Crippen LogP contribution in [0, 0.1) is 6.92 Å². The van der Waals surface area contributed by atoms with Crippen LogP contribution < -0.4 is 0 Å². The third-order valence-electron chi connectivity index (χ3n) is 1.74. The van der Waals surface area contributed by atoms with E-state index in [1.165, 1.54) is 5.56 Å². The minimum atomic E-state index is 0.765. The Bertz CT molecular complexity index is 273. The molecule has 1 heterocycles. The van der Waals surface area contributed by atoms with Gasteiger partial charge in [0.25, 0.3) is 0 Å². The molecule has 0 amide bonds. The molecule has 0 N–H and O–H groups in total. The van der Waals surface area contributed by atoms with E-state index < -0.39 is 0 Å². The highest BCUT2D eigenvalue weighted by molar-refractivity contribution is 5.01. The lowest BCUT2D eigenvalue weighted by Gasteiger charge is -2.15. The second kappa shape index (κ2) is 3.43. The molecule has 3 nitrogen and oxygen atoms in total. The number of aromatic nitrogens is 2. The predicted octanol–water partition coefficient (Wildman–Crippen LogP) is 1.27. The molecule has 0 bridgehead atoms. The minimum absolute atomic E-state index is 0.765. The molecule has 1 aromatic rings. The van der Waals surface area contributed by atoms with Crippen molar-refractivity contribution in [3.8, 4) is 0 Å². The van der Waals surface area contributed by atoms with Crippen LogP contribution in [0.3, 0.4) is 0 Å². The van der Waals surface area contributed by atoms with Crippen molar-refractivity contribution in [1.82, 2.24) is 14.7 Å². The van der Waals surface area contributed by atoms with Gasteiger partial charge in [0.1, 0.15) is 0 Å². The number of rotatable bonds is 3. The minimum Gasteiger partial charge on any atom is -0.380 e. The van der Waals surface area contributed by atoms with Crippen LogP contribution in [-0.2, 0) is 6.54 Å². The normalized spacial score (nSPS) is 9.92. The lowest BCUT2D eigenvalue weighted by molar-refractivity contribution is 0.461. The van der Waals surface area contributed by atoms with Crippen molar-refractivity contribution >= 4 is 0 Å². The van der Waals surface area contributed by atoms with Gasteiger partial charge in [-0.2, -0.15) is 5.10 Å². The molecule has 0 radical (unpaired) electrons. The summed E-state index contributed by atoms with van der Waals surface area (Å²) in [5.41, 5.74) is 2.24. The van der Waals surface area contributed by atoms with Crippen LogP contribution in [-0.4, -0.2) is 28.8 Å². The molecule has 3 heteroatoms. The number of allylic oxidation sites excluding steroid dienone is 1. The van der Waals surface area contributed by atoms with Gasteiger partial charge in [0, 0.05) is 26.0 Å². The summed E-state index contributed by atoms with van der Waals surface area (Å²) >= 11 is 0. The van der Waals surface area contributed by atoms with Gasteiger partial charge in [0.2, 0.25) is 0 Å². The van der Waals surface area contributed by atoms with Crippen LogP contribution in [0.25, 0.3) is 0 Å². The van der Waals surface area contributed by atoms with Gasteiger partial charge < -0.3 is 4.90 Å². The van der Waals surface area contributed by atoms with Crippen LogP contribution in [0.4, 0.5) is 0 Å². The van der Waals surface area contributed by atoms with Crippen LogP contribution in [0.15, 0.2) is 24.7 Å². The monoisotopic (exact) mass is 165 g/mol. The molecule has 0 aliphatic carbocycles. The summed E-state index contributed by atoms with van der Waals surface area (Å²) in [6, 6.07) is 0. The molecule has 66 valence electrons. The van der Waals surface area contributed by atoms with Crippen molar-refractivity contribution in [2.24, 2.45) is 0 Å². The van der Waals surface area contributed by atoms with Gasteiger partial charge >= 0.3 is 0 Å². The van der Waals surface area contributed by atoms with Gasteiger partial charge in [-0.3, -0.25) is 4.68 Å². The Kier molecular flexibility index (Phi) is 2.53. The molecule has 12 heavy (non-hydrogen) atoms. The van der Waals surface area contributed by atoms with E-state index in [0.29, 0.717) is 0 Å². The molecule has 0 aliphatic rings. The smallest absolute Gasteiger partial charge is 0.0801 e. The Hall–Kier alpha value is -1.25. The molecule has 0 saturated heterocycles. The van der Waals surface area contributed by atoms with Crippen LogP contribution >= 0.6 is 0 Å². The van der Waals surface area contributed by atoms with Gasteiger partial charge in [-0.25, -0.2) is 0 Å². The van der Waals surface area contributed by atoms with E-state index in [9.17, 15) is 0 Å². The van der Waals surface area contributed by atoms with E-state index in [2.05, 4.69) is 11.7 Å². The third kappa shape index (κ3) is 2.12. The molecule has 0 saturated carbocycles. The summed E-state index contributed by atoms with van der Waals surface area (Å²) in [6.45, 7) is 6.72. The number of nitrogens with zero attached hydrogens (tertiary/aromatic N) is 3. The summed E-state index contributed by atoms with van der Waals surface area (Å²) in [5.74, 6) is 0. The van der Waals surface area contributed by atoms with Crippen LogP contribution in [0.2, 0.25) is 0 Å². The van der Waals surface area contributed by atoms with Gasteiger partial charge in [0.05, 0.1) is 12.7 Å². The zero-order chi connectivity index (χ0) is 9.14. The average Bonchev–Trinajstić information content (AvgIpc) is 2.35. The molecule has 0 fully saturated rings. The fourth-order valence-electron chi connectivity index (χ4n) is 0.882. The fraction of sp³-hybridized carbons (Fsp3) is 0.444. The van der Waals surface area contributed by atoms with Crippen molar-refractivity contribution in [3.05, 3.63) is 30.2 Å². The van der Waals surface area contributed by atoms with Crippen LogP contribution in [0.1, 0.15) is 5.56 Å². The first-order valence-electron chi connectivity index (χ1n) is 3.94. The lowest BCUT2D eigenvalue weighted by atomic mass is 10.4. The summed E-state index contributed by atoms with van der Waals surface area (Å²) in [5, 5.41) is 4.17. The van der Waals surface area contributed by atoms with E-state index in [4.69, 9.17) is 0 Å². The molecule has 1 aromatic heterocycles. The van der Waals surface area contributed by atoms with Gasteiger partial charge in [-0.05, 0) is 12.5 Å². The highest BCUT2D eigenvalue weighted by Gasteiger charge is 1.98. The Morgan fingerprint density at radius 3 is 2.75 bits per heavy atom. The van der Waals surface area contributed by atoms with E-state index in [1.807, 2.05) is 43.0 Å². The summed E-state index contributed by atoms with van der Waals surface area (Å²) in [4.78, 5) is 2.00. The maximum Gasteiger partial charge on any atom is 0.0801 e. The number of likely N-dealkylation sites (N-methyl/N-ethyl adjacent to an activating group) is 1. The van der Waals surface area contributed by atoms with Gasteiger partial charge in [0.15, 0.2) is 0 Å². The summed E-state index contributed by atoms with van der Waals surface area (Å²) in [7, 11) is 3.97.